The molecule has 0 aromatic heterocycles. The fourth-order valence-corrected chi connectivity index (χ4v) is 3.70. The van der Waals surface area contributed by atoms with E-state index in [2.05, 4.69) is 4.72 Å². The third kappa shape index (κ3) is 6.25. The second kappa shape index (κ2) is 7.43. The van der Waals surface area contributed by atoms with Gasteiger partial charge >= 0.3 is 0 Å². The van der Waals surface area contributed by atoms with Crippen molar-refractivity contribution < 1.29 is 8.42 Å². The van der Waals surface area contributed by atoms with Crippen molar-refractivity contribution in [3.8, 4) is 0 Å². The van der Waals surface area contributed by atoms with E-state index in [9.17, 15) is 8.42 Å². The molecule has 0 aliphatic rings. The molecule has 0 aliphatic carbocycles. The Balaban J connectivity index is 2.64. The first-order chi connectivity index (χ1) is 9.24. The number of nitrogens with one attached hydrogen (secondary N) is 1. The molecule has 0 radical (unpaired) electrons. The van der Waals surface area contributed by atoms with E-state index >= 15 is 0 Å². The van der Waals surface area contributed by atoms with Gasteiger partial charge in [-0.2, -0.15) is 0 Å². The first-order valence-electron chi connectivity index (χ1n) is 6.84. The highest BCUT2D eigenvalue weighted by Crippen LogP contribution is 2.23. The van der Waals surface area contributed by atoms with Gasteiger partial charge in [-0.15, -0.1) is 11.6 Å². The fraction of sp³-hybridized carbons (Fsp3) is 0.600. The summed E-state index contributed by atoms with van der Waals surface area (Å²) in [7, 11) is -3.29. The van der Waals surface area contributed by atoms with Crippen LogP contribution >= 0.6 is 11.6 Å². The minimum Gasteiger partial charge on any atom is -0.212 e. The molecule has 0 bridgehead atoms. The van der Waals surface area contributed by atoms with Crippen molar-refractivity contribution in [2.75, 3.05) is 11.6 Å². The van der Waals surface area contributed by atoms with Crippen molar-refractivity contribution in [3.63, 3.8) is 0 Å². The van der Waals surface area contributed by atoms with Crippen LogP contribution in [0, 0.1) is 5.41 Å². The lowest BCUT2D eigenvalue weighted by molar-refractivity contribution is 0.292. The molecular formula is C15H24ClNO2S. The van der Waals surface area contributed by atoms with Crippen molar-refractivity contribution in [1.29, 1.82) is 0 Å². The third-order valence-corrected chi connectivity index (χ3v) is 4.87. The Morgan fingerprint density at radius 3 is 2.30 bits per heavy atom. The summed E-state index contributed by atoms with van der Waals surface area (Å²) in [5.41, 5.74) is 0.886. The predicted octanol–water partition coefficient (Wildman–Crippen LogP) is 3.19. The number of hydrogen-bond donors (Lipinski definition) is 1. The summed E-state index contributed by atoms with van der Waals surface area (Å²) in [6.45, 7) is 6.05. The zero-order valence-corrected chi connectivity index (χ0v) is 14.0. The van der Waals surface area contributed by atoms with Gasteiger partial charge in [0.15, 0.2) is 0 Å². The van der Waals surface area contributed by atoms with E-state index < -0.39 is 10.0 Å². The summed E-state index contributed by atoms with van der Waals surface area (Å²) in [5.74, 6) is 0.551. The highest BCUT2D eigenvalue weighted by atomic mass is 35.5. The molecule has 3 nitrogen and oxygen atoms in total. The summed E-state index contributed by atoms with van der Waals surface area (Å²) in [5, 5.41) is 0. The molecule has 0 saturated carbocycles. The van der Waals surface area contributed by atoms with Crippen LogP contribution in [0.1, 0.15) is 32.8 Å². The largest absolute Gasteiger partial charge is 0.212 e. The van der Waals surface area contributed by atoms with Gasteiger partial charge in [-0.25, -0.2) is 13.1 Å². The molecule has 20 heavy (non-hydrogen) atoms. The van der Waals surface area contributed by atoms with Gasteiger partial charge in [-0.3, -0.25) is 0 Å². The molecule has 0 fully saturated rings. The number of rotatable bonds is 7. The Morgan fingerprint density at radius 2 is 1.80 bits per heavy atom. The number of aryl methyl sites for hydroxylation is 1. The van der Waals surface area contributed by atoms with Crippen LogP contribution in [0.2, 0.25) is 0 Å². The van der Waals surface area contributed by atoms with E-state index in [1.807, 2.05) is 51.1 Å². The Morgan fingerprint density at radius 1 is 1.20 bits per heavy atom. The number of hydrogen-bond acceptors (Lipinski definition) is 2. The molecule has 1 aromatic carbocycles. The Bertz CT molecular complexity index is 494. The van der Waals surface area contributed by atoms with Gasteiger partial charge in [0.05, 0.1) is 5.75 Å². The average molecular weight is 318 g/mol. The normalized spacial score (nSPS) is 14.2. The average Bonchev–Trinajstić information content (AvgIpc) is 2.36. The smallest absolute Gasteiger partial charge is 0.212 e. The standard InChI is InChI=1S/C15H24ClNO2S/c1-15(2,3)14(9-11-16)17-20(18,19)12-10-13-7-5-4-6-8-13/h4-8,14,17H,9-12H2,1-3H3. The summed E-state index contributed by atoms with van der Waals surface area (Å²) in [4.78, 5) is 0. The molecule has 1 N–H and O–H groups in total. The van der Waals surface area contributed by atoms with Gasteiger partial charge in [-0.05, 0) is 23.8 Å². The molecule has 0 amide bonds. The van der Waals surface area contributed by atoms with Crippen molar-refractivity contribution in [2.24, 2.45) is 5.41 Å². The summed E-state index contributed by atoms with van der Waals surface area (Å²) in [6.07, 6.45) is 1.16. The lowest BCUT2D eigenvalue weighted by Gasteiger charge is -2.30. The summed E-state index contributed by atoms with van der Waals surface area (Å²) in [6, 6.07) is 9.50. The Labute approximate surface area is 127 Å². The van der Waals surface area contributed by atoms with Gasteiger partial charge in [0.2, 0.25) is 10.0 Å². The van der Waals surface area contributed by atoms with E-state index in [1.54, 1.807) is 0 Å². The zero-order chi connectivity index (χ0) is 15.2. The van der Waals surface area contributed by atoms with Crippen LogP contribution in [0.3, 0.4) is 0 Å². The van der Waals surface area contributed by atoms with Crippen LogP contribution < -0.4 is 4.72 Å². The van der Waals surface area contributed by atoms with E-state index in [-0.39, 0.29) is 17.2 Å². The van der Waals surface area contributed by atoms with Gasteiger partial charge in [0.25, 0.3) is 0 Å². The van der Waals surface area contributed by atoms with Crippen LogP contribution in [0.15, 0.2) is 30.3 Å². The molecule has 1 unspecified atom stereocenters. The van der Waals surface area contributed by atoms with Crippen molar-refractivity contribution in [1.82, 2.24) is 4.72 Å². The second-order valence-corrected chi connectivity index (χ2v) is 8.32. The Kier molecular flexibility index (Phi) is 6.49. The number of sulfonamides is 1. The number of alkyl halides is 1. The summed E-state index contributed by atoms with van der Waals surface area (Å²) < 4.78 is 27.2. The maximum absolute atomic E-state index is 12.2. The number of halogens is 1. The van der Waals surface area contributed by atoms with Crippen LogP contribution in [0.5, 0.6) is 0 Å². The predicted molar refractivity (Wildman–Crippen MR) is 85.6 cm³/mol. The van der Waals surface area contributed by atoms with Crippen molar-refractivity contribution in [2.45, 2.75) is 39.7 Å². The minimum atomic E-state index is -3.29. The van der Waals surface area contributed by atoms with Gasteiger partial charge in [0.1, 0.15) is 0 Å². The quantitative estimate of drug-likeness (QED) is 0.785. The molecule has 1 rings (SSSR count). The summed E-state index contributed by atoms with van der Waals surface area (Å²) >= 11 is 5.77. The third-order valence-electron chi connectivity index (χ3n) is 3.27. The highest BCUT2D eigenvalue weighted by molar-refractivity contribution is 7.89. The van der Waals surface area contributed by atoms with Crippen LogP contribution in [-0.4, -0.2) is 26.1 Å². The molecule has 1 atom stereocenters. The lowest BCUT2D eigenvalue weighted by Crippen LogP contribution is -2.45. The maximum atomic E-state index is 12.2. The van der Waals surface area contributed by atoms with Crippen LogP contribution in [0.4, 0.5) is 0 Å². The highest BCUT2D eigenvalue weighted by Gasteiger charge is 2.28. The zero-order valence-electron chi connectivity index (χ0n) is 12.4. The maximum Gasteiger partial charge on any atom is 0.212 e. The molecule has 0 heterocycles. The van der Waals surface area contributed by atoms with Crippen LogP contribution in [0.25, 0.3) is 0 Å². The van der Waals surface area contributed by atoms with Crippen molar-refractivity contribution >= 4 is 21.6 Å². The monoisotopic (exact) mass is 317 g/mol. The minimum absolute atomic E-state index is 0.103. The molecule has 114 valence electrons. The van der Waals surface area contributed by atoms with E-state index in [0.717, 1.165) is 5.56 Å². The first kappa shape index (κ1) is 17.5. The first-order valence-corrected chi connectivity index (χ1v) is 9.03. The number of benzene rings is 1. The Hall–Kier alpha value is -0.580. The van der Waals surface area contributed by atoms with E-state index in [1.165, 1.54) is 0 Å². The van der Waals surface area contributed by atoms with E-state index in [4.69, 9.17) is 11.6 Å². The molecule has 5 heteroatoms. The van der Waals surface area contributed by atoms with Gasteiger partial charge in [-0.1, -0.05) is 51.1 Å². The van der Waals surface area contributed by atoms with E-state index in [0.29, 0.717) is 18.7 Å². The molecule has 0 saturated heterocycles. The SMILES string of the molecule is CC(C)(C)C(CCCl)NS(=O)(=O)CCc1ccccc1. The van der Waals surface area contributed by atoms with Gasteiger partial charge in [0, 0.05) is 11.9 Å². The molecule has 0 spiro atoms. The lowest BCUT2D eigenvalue weighted by atomic mass is 9.86. The van der Waals surface area contributed by atoms with Gasteiger partial charge < -0.3 is 0 Å². The molecular weight excluding hydrogens is 294 g/mol. The topological polar surface area (TPSA) is 46.2 Å². The molecule has 0 aliphatic heterocycles. The second-order valence-electron chi connectivity index (χ2n) is 6.07. The molecule has 1 aromatic rings. The van der Waals surface area contributed by atoms with Crippen molar-refractivity contribution in [3.05, 3.63) is 35.9 Å². The fourth-order valence-electron chi connectivity index (χ4n) is 1.95. The van der Waals surface area contributed by atoms with Crippen LogP contribution in [-0.2, 0) is 16.4 Å².